The minimum Gasteiger partial charge on any atom is -0.396 e. The van der Waals surface area contributed by atoms with Crippen LogP contribution >= 0.6 is 0 Å². The summed E-state index contributed by atoms with van der Waals surface area (Å²) in [4.78, 5) is 11.4. The number of allylic oxidation sites excluding steroid dienone is 1. The highest BCUT2D eigenvalue weighted by Gasteiger charge is 2.23. The van der Waals surface area contributed by atoms with E-state index in [1.165, 1.54) is 0 Å². The molecule has 0 atom stereocenters. The second kappa shape index (κ2) is 5.99. The number of aliphatic hydroxyl groups is 1. The van der Waals surface area contributed by atoms with E-state index < -0.39 is 11.7 Å². The summed E-state index contributed by atoms with van der Waals surface area (Å²) in [7, 11) is 0. The molecule has 4 heteroatoms. The summed E-state index contributed by atoms with van der Waals surface area (Å²) in [5, 5.41) is 11.7. The van der Waals surface area contributed by atoms with E-state index >= 15 is 0 Å². The third kappa shape index (κ3) is 3.59. The predicted molar refractivity (Wildman–Crippen MR) is 60.5 cm³/mol. The predicted octanol–water partition coefficient (Wildman–Crippen LogP) is 1.92. The summed E-state index contributed by atoms with van der Waals surface area (Å²) in [6.07, 6.45) is 3.45. The maximum atomic E-state index is 13.2. The molecule has 0 aromatic heterocycles. The van der Waals surface area contributed by atoms with Crippen LogP contribution in [0.15, 0.2) is 11.4 Å². The summed E-state index contributed by atoms with van der Waals surface area (Å²) >= 11 is 0. The van der Waals surface area contributed by atoms with Crippen LogP contribution in [0.4, 0.5) is 4.39 Å². The number of carbonyl (C=O) groups excluding carboxylic acids is 1. The average Bonchev–Trinajstić information content (AvgIpc) is 2.28. The Morgan fingerprint density at radius 3 is 2.31 bits per heavy atom. The number of aliphatic hydroxyl groups excluding tert-OH is 1. The summed E-state index contributed by atoms with van der Waals surface area (Å²) in [5.41, 5.74) is 0.404. The van der Waals surface area contributed by atoms with E-state index in [-0.39, 0.29) is 12.6 Å². The average molecular weight is 229 g/mol. The molecule has 0 unspecified atom stereocenters. The molecule has 1 amide bonds. The van der Waals surface area contributed by atoms with E-state index in [1.54, 1.807) is 13.8 Å². The first-order valence-corrected chi connectivity index (χ1v) is 5.79. The molecule has 0 bridgehead atoms. The molecule has 0 aromatic rings. The number of halogens is 1. The van der Waals surface area contributed by atoms with Crippen molar-refractivity contribution in [3.63, 3.8) is 0 Å². The first-order chi connectivity index (χ1) is 7.54. The zero-order chi connectivity index (χ0) is 12.1. The molecule has 1 aliphatic carbocycles. The highest BCUT2D eigenvalue weighted by atomic mass is 19.1. The lowest BCUT2D eigenvalue weighted by Crippen LogP contribution is -2.38. The first kappa shape index (κ1) is 13.2. The first-order valence-electron chi connectivity index (χ1n) is 5.79. The van der Waals surface area contributed by atoms with Crippen LogP contribution in [0.5, 0.6) is 0 Å². The minimum atomic E-state index is -0.677. The van der Waals surface area contributed by atoms with Crippen molar-refractivity contribution in [2.45, 2.75) is 45.6 Å². The van der Waals surface area contributed by atoms with Gasteiger partial charge in [-0.1, -0.05) is 0 Å². The fourth-order valence-electron chi connectivity index (χ4n) is 1.97. The van der Waals surface area contributed by atoms with Gasteiger partial charge in [0.25, 0.3) is 5.91 Å². The van der Waals surface area contributed by atoms with Crippen molar-refractivity contribution < 1.29 is 14.3 Å². The van der Waals surface area contributed by atoms with Crippen LogP contribution in [0, 0.1) is 5.92 Å². The summed E-state index contributed by atoms with van der Waals surface area (Å²) in [6, 6.07) is 0.0559. The van der Waals surface area contributed by atoms with Crippen molar-refractivity contribution >= 4 is 5.91 Å². The molecule has 92 valence electrons. The molecule has 0 aromatic carbocycles. The van der Waals surface area contributed by atoms with E-state index in [9.17, 15) is 9.18 Å². The van der Waals surface area contributed by atoms with Crippen molar-refractivity contribution in [2.24, 2.45) is 5.92 Å². The Morgan fingerprint density at radius 1 is 1.31 bits per heavy atom. The van der Waals surface area contributed by atoms with Gasteiger partial charge in [0.2, 0.25) is 0 Å². The molecule has 16 heavy (non-hydrogen) atoms. The fraction of sp³-hybridized carbons (Fsp3) is 0.750. The lowest BCUT2D eigenvalue weighted by atomic mass is 9.86. The molecule has 0 spiro atoms. The van der Waals surface area contributed by atoms with E-state index in [4.69, 9.17) is 5.11 Å². The summed E-state index contributed by atoms with van der Waals surface area (Å²) in [5.74, 6) is -0.932. The monoisotopic (exact) mass is 229 g/mol. The second-order valence-corrected chi connectivity index (χ2v) is 4.69. The smallest absolute Gasteiger partial charge is 0.280 e. The molecule has 0 radical (unpaired) electrons. The van der Waals surface area contributed by atoms with Crippen molar-refractivity contribution in [3.8, 4) is 0 Å². The van der Waals surface area contributed by atoms with Crippen molar-refractivity contribution in [2.75, 3.05) is 6.61 Å². The zero-order valence-electron chi connectivity index (χ0n) is 9.92. The molecule has 2 N–H and O–H groups in total. The molecule has 1 saturated carbocycles. The maximum Gasteiger partial charge on any atom is 0.280 e. The van der Waals surface area contributed by atoms with E-state index in [2.05, 4.69) is 5.32 Å². The van der Waals surface area contributed by atoms with Gasteiger partial charge in [0.1, 0.15) is 0 Å². The van der Waals surface area contributed by atoms with Gasteiger partial charge in [0, 0.05) is 12.6 Å². The number of hydrogen-bond donors (Lipinski definition) is 2. The highest BCUT2D eigenvalue weighted by molar-refractivity contribution is 5.91. The topological polar surface area (TPSA) is 49.3 Å². The van der Waals surface area contributed by atoms with E-state index in [0.29, 0.717) is 11.5 Å². The van der Waals surface area contributed by atoms with Gasteiger partial charge in [-0.15, -0.1) is 0 Å². The quantitative estimate of drug-likeness (QED) is 0.726. The van der Waals surface area contributed by atoms with Gasteiger partial charge in [-0.05, 0) is 51.0 Å². The van der Waals surface area contributed by atoms with Gasteiger partial charge in [-0.25, -0.2) is 4.39 Å². The van der Waals surface area contributed by atoms with Gasteiger partial charge < -0.3 is 10.4 Å². The zero-order valence-corrected chi connectivity index (χ0v) is 9.92. The molecule has 1 rings (SSSR count). The van der Waals surface area contributed by atoms with Crippen LogP contribution in [-0.4, -0.2) is 23.7 Å². The van der Waals surface area contributed by atoms with Crippen LogP contribution < -0.4 is 5.32 Å². The Kier molecular flexibility index (Phi) is 4.93. The van der Waals surface area contributed by atoms with Crippen LogP contribution in [0.3, 0.4) is 0 Å². The summed E-state index contributed by atoms with van der Waals surface area (Å²) in [6.45, 7) is 3.37. The number of rotatable bonds is 3. The number of carbonyl (C=O) groups is 1. The van der Waals surface area contributed by atoms with Crippen LogP contribution in [0.25, 0.3) is 0 Å². The van der Waals surface area contributed by atoms with Crippen molar-refractivity contribution in [3.05, 3.63) is 11.4 Å². The fourth-order valence-corrected chi connectivity index (χ4v) is 1.97. The number of nitrogens with one attached hydrogen (secondary N) is 1. The van der Waals surface area contributed by atoms with Gasteiger partial charge in [0.05, 0.1) is 0 Å². The maximum absolute atomic E-state index is 13.2. The molecule has 0 heterocycles. The Labute approximate surface area is 95.7 Å². The molecule has 0 aliphatic heterocycles. The summed E-state index contributed by atoms with van der Waals surface area (Å²) < 4.78 is 13.2. The minimum absolute atomic E-state index is 0.0559. The SMILES string of the molecule is CC(C)=C(F)C(=O)NC1CCC(CO)CC1. The largest absolute Gasteiger partial charge is 0.396 e. The normalized spacial score (nSPS) is 25.0. The Balaban J connectivity index is 2.40. The molecular weight excluding hydrogens is 209 g/mol. The van der Waals surface area contributed by atoms with Gasteiger partial charge >= 0.3 is 0 Å². The number of amides is 1. The molecule has 1 fully saturated rings. The Bertz CT molecular complexity index is 277. The van der Waals surface area contributed by atoms with Gasteiger partial charge in [0.15, 0.2) is 5.83 Å². The van der Waals surface area contributed by atoms with Crippen molar-refractivity contribution in [1.29, 1.82) is 0 Å². The Morgan fingerprint density at radius 2 is 1.88 bits per heavy atom. The highest BCUT2D eigenvalue weighted by Crippen LogP contribution is 2.24. The van der Waals surface area contributed by atoms with E-state index in [1.807, 2.05) is 0 Å². The number of hydrogen-bond acceptors (Lipinski definition) is 2. The van der Waals surface area contributed by atoms with Crippen molar-refractivity contribution in [1.82, 2.24) is 5.32 Å². The molecular formula is C12H20FNO2. The van der Waals surface area contributed by atoms with Gasteiger partial charge in [-0.3, -0.25) is 4.79 Å². The van der Waals surface area contributed by atoms with Crippen LogP contribution in [-0.2, 0) is 4.79 Å². The van der Waals surface area contributed by atoms with E-state index in [0.717, 1.165) is 25.7 Å². The third-order valence-electron chi connectivity index (χ3n) is 3.08. The standard InChI is InChI=1S/C12H20FNO2/c1-8(2)11(13)12(16)14-10-5-3-9(7-15)4-6-10/h9-10,15H,3-7H2,1-2H3,(H,14,16). The van der Waals surface area contributed by atoms with Crippen LogP contribution in [0.2, 0.25) is 0 Å². The molecule has 3 nitrogen and oxygen atoms in total. The van der Waals surface area contributed by atoms with Crippen LogP contribution in [0.1, 0.15) is 39.5 Å². The molecule has 1 aliphatic rings. The second-order valence-electron chi connectivity index (χ2n) is 4.69. The molecule has 0 saturated heterocycles. The lowest BCUT2D eigenvalue weighted by Gasteiger charge is -2.27. The third-order valence-corrected chi connectivity index (χ3v) is 3.08. The lowest BCUT2D eigenvalue weighted by molar-refractivity contribution is -0.119. The van der Waals surface area contributed by atoms with Gasteiger partial charge in [-0.2, -0.15) is 0 Å². The Hall–Kier alpha value is -0.900.